The fourth-order valence-electron chi connectivity index (χ4n) is 3.79. The number of carbonyl (C=O) groups is 2. The number of aromatic nitrogens is 2. The van der Waals surface area contributed by atoms with Crippen LogP contribution in [0.15, 0.2) is 67.0 Å². The monoisotopic (exact) mass is 403 g/mol. The minimum atomic E-state index is -0.188. The zero-order valence-electron chi connectivity index (χ0n) is 17.0. The van der Waals surface area contributed by atoms with Crippen LogP contribution in [-0.4, -0.2) is 45.6 Å². The van der Waals surface area contributed by atoms with E-state index in [1.807, 2.05) is 35.2 Å². The average Bonchev–Trinajstić information content (AvgIpc) is 3.28. The zero-order valence-corrected chi connectivity index (χ0v) is 17.0. The van der Waals surface area contributed by atoms with Gasteiger partial charge in [-0.3, -0.25) is 9.59 Å². The van der Waals surface area contributed by atoms with Crippen molar-refractivity contribution in [1.82, 2.24) is 14.7 Å². The Morgan fingerprint density at radius 2 is 1.83 bits per heavy atom. The number of carbonyl (C=O) groups excluding carboxylic acids is 2. The molecule has 1 aliphatic rings. The minimum absolute atomic E-state index is 0.0404. The van der Waals surface area contributed by atoms with Crippen LogP contribution in [0.25, 0.3) is 5.69 Å². The van der Waals surface area contributed by atoms with E-state index in [4.69, 9.17) is 4.74 Å². The van der Waals surface area contributed by atoms with E-state index >= 15 is 0 Å². The number of nitrogens with zero attached hydrogens (tertiary/aromatic N) is 3. The molecule has 1 atom stereocenters. The standard InChI is InChI=1S/C24H25N3O3/c1-18-9-7-8-14-26(18)23(28)17-30-22-13-6-5-12-21(22)24(29)19-15-25-27(16-19)20-10-3-2-4-11-20/h2-6,10-13,15-16,18H,7-9,14,17H2,1H3. The van der Waals surface area contributed by atoms with Crippen LogP contribution < -0.4 is 4.74 Å². The van der Waals surface area contributed by atoms with Crippen LogP contribution in [0.2, 0.25) is 0 Å². The molecule has 1 aromatic heterocycles. The summed E-state index contributed by atoms with van der Waals surface area (Å²) in [6.07, 6.45) is 6.45. The molecular weight excluding hydrogens is 378 g/mol. The van der Waals surface area contributed by atoms with Crippen molar-refractivity contribution in [2.45, 2.75) is 32.2 Å². The van der Waals surface area contributed by atoms with Gasteiger partial charge in [0.2, 0.25) is 0 Å². The van der Waals surface area contributed by atoms with Gasteiger partial charge in [-0.25, -0.2) is 4.68 Å². The second-order valence-electron chi connectivity index (χ2n) is 7.56. The van der Waals surface area contributed by atoms with Crippen LogP contribution in [0, 0.1) is 0 Å². The van der Waals surface area contributed by atoms with E-state index in [1.165, 1.54) is 0 Å². The lowest BCUT2D eigenvalue weighted by Gasteiger charge is -2.33. The summed E-state index contributed by atoms with van der Waals surface area (Å²) in [5.74, 6) is 0.181. The van der Waals surface area contributed by atoms with Crippen LogP contribution in [0.1, 0.15) is 42.1 Å². The molecule has 6 nitrogen and oxygen atoms in total. The molecule has 1 unspecified atom stereocenters. The number of para-hydroxylation sites is 2. The third kappa shape index (κ3) is 4.27. The molecule has 1 amide bonds. The van der Waals surface area contributed by atoms with Gasteiger partial charge in [0.25, 0.3) is 5.91 Å². The second-order valence-corrected chi connectivity index (χ2v) is 7.56. The topological polar surface area (TPSA) is 64.4 Å². The number of ether oxygens (including phenoxy) is 1. The van der Waals surface area contributed by atoms with Crippen molar-refractivity contribution in [1.29, 1.82) is 0 Å². The summed E-state index contributed by atoms with van der Waals surface area (Å²) in [6.45, 7) is 2.76. The van der Waals surface area contributed by atoms with Gasteiger partial charge >= 0.3 is 0 Å². The van der Waals surface area contributed by atoms with Gasteiger partial charge in [0.15, 0.2) is 12.4 Å². The highest BCUT2D eigenvalue weighted by Gasteiger charge is 2.24. The summed E-state index contributed by atoms with van der Waals surface area (Å²) in [5.41, 5.74) is 1.76. The van der Waals surface area contributed by atoms with E-state index in [2.05, 4.69) is 12.0 Å². The van der Waals surface area contributed by atoms with Crippen molar-refractivity contribution in [3.63, 3.8) is 0 Å². The molecule has 0 aliphatic carbocycles. The van der Waals surface area contributed by atoms with Crippen molar-refractivity contribution >= 4 is 11.7 Å². The van der Waals surface area contributed by atoms with Crippen LogP contribution in [0.3, 0.4) is 0 Å². The van der Waals surface area contributed by atoms with Gasteiger partial charge in [-0.2, -0.15) is 5.10 Å². The molecule has 2 heterocycles. The number of rotatable bonds is 6. The predicted molar refractivity (Wildman–Crippen MR) is 114 cm³/mol. The maximum Gasteiger partial charge on any atom is 0.260 e. The van der Waals surface area contributed by atoms with Crippen molar-refractivity contribution in [3.8, 4) is 11.4 Å². The molecule has 1 saturated heterocycles. The Morgan fingerprint density at radius 3 is 2.63 bits per heavy atom. The molecule has 6 heteroatoms. The average molecular weight is 403 g/mol. The number of ketones is 1. The molecule has 0 bridgehead atoms. The van der Waals surface area contributed by atoms with E-state index in [9.17, 15) is 9.59 Å². The van der Waals surface area contributed by atoms with E-state index in [-0.39, 0.29) is 24.3 Å². The molecule has 0 saturated carbocycles. The van der Waals surface area contributed by atoms with Crippen molar-refractivity contribution in [2.75, 3.05) is 13.2 Å². The summed E-state index contributed by atoms with van der Waals surface area (Å²) in [4.78, 5) is 27.6. The second kappa shape index (κ2) is 8.95. The molecular formula is C24H25N3O3. The first kappa shape index (κ1) is 19.9. The number of hydrogen-bond acceptors (Lipinski definition) is 4. The van der Waals surface area contributed by atoms with Crippen molar-refractivity contribution in [2.24, 2.45) is 0 Å². The molecule has 2 aromatic carbocycles. The van der Waals surface area contributed by atoms with Gasteiger partial charge < -0.3 is 9.64 Å². The Hall–Kier alpha value is -3.41. The Labute approximate surface area is 176 Å². The molecule has 154 valence electrons. The zero-order chi connectivity index (χ0) is 20.9. The lowest BCUT2D eigenvalue weighted by Crippen LogP contribution is -2.44. The summed E-state index contributed by atoms with van der Waals surface area (Å²) < 4.78 is 7.46. The predicted octanol–water partition coefficient (Wildman–Crippen LogP) is 3.88. The summed E-state index contributed by atoms with van der Waals surface area (Å²) in [7, 11) is 0. The van der Waals surface area contributed by atoms with Crippen LogP contribution in [0.4, 0.5) is 0 Å². The smallest absolute Gasteiger partial charge is 0.260 e. The Balaban J connectivity index is 1.48. The molecule has 30 heavy (non-hydrogen) atoms. The first-order valence-corrected chi connectivity index (χ1v) is 10.3. The highest BCUT2D eigenvalue weighted by atomic mass is 16.5. The quantitative estimate of drug-likeness (QED) is 0.586. The lowest BCUT2D eigenvalue weighted by atomic mass is 10.0. The number of hydrogen-bond donors (Lipinski definition) is 0. The van der Waals surface area contributed by atoms with Crippen molar-refractivity contribution < 1.29 is 14.3 Å². The molecule has 0 radical (unpaired) electrons. The molecule has 0 spiro atoms. The van der Waals surface area contributed by atoms with E-state index in [0.717, 1.165) is 31.5 Å². The number of benzene rings is 2. The normalized spacial score (nSPS) is 16.3. The van der Waals surface area contributed by atoms with E-state index in [1.54, 1.807) is 41.3 Å². The summed E-state index contributed by atoms with van der Waals surface area (Å²) in [6, 6.07) is 16.9. The van der Waals surface area contributed by atoms with E-state index < -0.39 is 0 Å². The Kier molecular flexibility index (Phi) is 5.93. The maximum atomic E-state index is 13.1. The lowest BCUT2D eigenvalue weighted by molar-refractivity contribution is -0.136. The largest absolute Gasteiger partial charge is 0.483 e. The fraction of sp³-hybridized carbons (Fsp3) is 0.292. The van der Waals surface area contributed by atoms with Crippen molar-refractivity contribution in [3.05, 3.63) is 78.1 Å². The number of piperidine rings is 1. The molecule has 3 aromatic rings. The molecule has 0 N–H and O–H groups in total. The maximum absolute atomic E-state index is 13.1. The first-order valence-electron chi connectivity index (χ1n) is 10.3. The van der Waals surface area contributed by atoms with Gasteiger partial charge in [-0.1, -0.05) is 30.3 Å². The molecule has 1 fully saturated rings. The summed E-state index contributed by atoms with van der Waals surface area (Å²) >= 11 is 0. The van der Waals surface area contributed by atoms with E-state index in [0.29, 0.717) is 16.9 Å². The number of likely N-dealkylation sites (tertiary alicyclic amines) is 1. The highest BCUT2D eigenvalue weighted by molar-refractivity contribution is 6.10. The first-order chi connectivity index (χ1) is 14.6. The summed E-state index contributed by atoms with van der Waals surface area (Å²) in [5, 5.41) is 4.30. The van der Waals surface area contributed by atoms with Gasteiger partial charge in [-0.05, 0) is 50.5 Å². The van der Waals surface area contributed by atoms with Gasteiger partial charge in [0.05, 0.1) is 23.0 Å². The van der Waals surface area contributed by atoms with Crippen LogP contribution >= 0.6 is 0 Å². The third-order valence-corrected chi connectivity index (χ3v) is 5.47. The van der Waals surface area contributed by atoms with Crippen LogP contribution in [0.5, 0.6) is 5.75 Å². The highest BCUT2D eigenvalue weighted by Crippen LogP contribution is 2.23. The third-order valence-electron chi connectivity index (χ3n) is 5.47. The van der Waals surface area contributed by atoms with Crippen LogP contribution in [-0.2, 0) is 4.79 Å². The number of amides is 1. The molecule has 1 aliphatic heterocycles. The Bertz CT molecular complexity index is 1030. The molecule has 4 rings (SSSR count). The van der Waals surface area contributed by atoms with Gasteiger partial charge in [0.1, 0.15) is 5.75 Å². The minimum Gasteiger partial charge on any atom is -0.483 e. The van der Waals surface area contributed by atoms with Gasteiger partial charge in [0, 0.05) is 18.8 Å². The van der Waals surface area contributed by atoms with Gasteiger partial charge in [-0.15, -0.1) is 0 Å². The fourth-order valence-corrected chi connectivity index (χ4v) is 3.79. The Morgan fingerprint density at radius 1 is 1.07 bits per heavy atom. The SMILES string of the molecule is CC1CCCCN1C(=O)COc1ccccc1C(=O)c1cnn(-c2ccccc2)c1.